The third-order valence-corrected chi connectivity index (χ3v) is 3.93. The fourth-order valence-corrected chi connectivity index (χ4v) is 2.52. The van der Waals surface area contributed by atoms with Crippen molar-refractivity contribution in [3.8, 4) is 0 Å². The number of nitrogens with two attached hydrogens (primary N) is 1. The van der Waals surface area contributed by atoms with Gasteiger partial charge in [0, 0.05) is 25.2 Å². The van der Waals surface area contributed by atoms with Gasteiger partial charge in [0.2, 0.25) is 0 Å². The molecular weight excluding hydrogens is 242 g/mol. The smallest absolute Gasteiger partial charge is 0.337 e. The number of nitrogens with zero attached hydrogens (tertiary/aromatic N) is 2. The van der Waals surface area contributed by atoms with Gasteiger partial charge in [-0.2, -0.15) is 0 Å². The molecule has 5 heteroatoms. The predicted octanol–water partition coefficient (Wildman–Crippen LogP) is 1.50. The number of carboxylic acids is 1. The van der Waals surface area contributed by atoms with E-state index in [9.17, 15) is 9.90 Å². The Balaban J connectivity index is 2.40. The second kappa shape index (κ2) is 4.74. The molecule has 0 unspecified atom stereocenters. The van der Waals surface area contributed by atoms with Gasteiger partial charge in [0.25, 0.3) is 0 Å². The minimum absolute atomic E-state index is 0.00367. The highest BCUT2D eigenvalue weighted by Crippen LogP contribution is 2.32. The summed E-state index contributed by atoms with van der Waals surface area (Å²) in [6.45, 7) is 6.74. The van der Waals surface area contributed by atoms with Crippen molar-refractivity contribution in [1.82, 2.24) is 4.90 Å². The molecule has 0 aliphatic carbocycles. The molecule has 1 aliphatic heterocycles. The van der Waals surface area contributed by atoms with Crippen LogP contribution in [0.1, 0.15) is 24.2 Å². The molecule has 0 bridgehead atoms. The Morgan fingerprint density at radius 2 is 2.05 bits per heavy atom. The van der Waals surface area contributed by atoms with Gasteiger partial charge in [-0.25, -0.2) is 4.79 Å². The normalized spacial score (nSPS) is 19.4. The number of benzene rings is 1. The highest BCUT2D eigenvalue weighted by atomic mass is 16.4. The van der Waals surface area contributed by atoms with Crippen LogP contribution in [0.4, 0.5) is 11.4 Å². The average Bonchev–Trinajstić information content (AvgIpc) is 2.32. The Bertz CT molecular complexity index is 499. The van der Waals surface area contributed by atoms with Crippen LogP contribution in [0.5, 0.6) is 0 Å². The predicted molar refractivity (Wildman–Crippen MR) is 76.7 cm³/mol. The zero-order chi connectivity index (χ0) is 14.2. The second-order valence-electron chi connectivity index (χ2n) is 5.70. The quantitative estimate of drug-likeness (QED) is 0.791. The van der Waals surface area contributed by atoms with Crippen LogP contribution in [0, 0.1) is 0 Å². The Morgan fingerprint density at radius 1 is 1.37 bits per heavy atom. The fourth-order valence-electron chi connectivity index (χ4n) is 2.52. The Labute approximate surface area is 113 Å². The zero-order valence-electron chi connectivity index (χ0n) is 11.7. The number of hydrogen-bond donors (Lipinski definition) is 2. The molecule has 1 aliphatic rings. The molecule has 0 radical (unpaired) electrons. The SMILES string of the molecule is CN1CCN(c2c(N)cccc2C(=O)O)CC1(C)C. The van der Waals surface area contributed by atoms with Crippen LogP contribution in [0.15, 0.2) is 18.2 Å². The van der Waals surface area contributed by atoms with Crippen LogP contribution in [0.2, 0.25) is 0 Å². The lowest BCUT2D eigenvalue weighted by molar-refractivity contribution is 0.0696. The second-order valence-corrected chi connectivity index (χ2v) is 5.70. The van der Waals surface area contributed by atoms with Crippen molar-refractivity contribution in [3.05, 3.63) is 23.8 Å². The molecule has 0 aromatic heterocycles. The molecule has 1 aromatic rings. The standard InChI is InChI=1S/C14H21N3O2/c1-14(2)9-17(8-7-16(14)3)12-10(13(18)19)5-4-6-11(12)15/h4-6H,7-9,15H2,1-3H3,(H,18,19). The van der Waals surface area contributed by atoms with Gasteiger partial charge in [0.05, 0.1) is 16.9 Å². The first-order valence-corrected chi connectivity index (χ1v) is 6.41. The molecule has 2 rings (SSSR count). The summed E-state index contributed by atoms with van der Waals surface area (Å²) in [7, 11) is 2.09. The van der Waals surface area contributed by atoms with E-state index in [4.69, 9.17) is 5.73 Å². The maximum Gasteiger partial charge on any atom is 0.337 e. The zero-order valence-corrected chi connectivity index (χ0v) is 11.7. The van der Waals surface area contributed by atoms with Gasteiger partial charge < -0.3 is 15.7 Å². The molecule has 1 aromatic carbocycles. The lowest BCUT2D eigenvalue weighted by Crippen LogP contribution is -2.58. The van der Waals surface area contributed by atoms with E-state index in [1.54, 1.807) is 18.2 Å². The molecule has 3 N–H and O–H groups in total. The van der Waals surface area contributed by atoms with E-state index in [-0.39, 0.29) is 11.1 Å². The number of piperazine rings is 1. The summed E-state index contributed by atoms with van der Waals surface area (Å²) in [5, 5.41) is 9.31. The molecule has 0 saturated carbocycles. The number of carbonyl (C=O) groups is 1. The largest absolute Gasteiger partial charge is 0.478 e. The Hall–Kier alpha value is -1.75. The average molecular weight is 263 g/mol. The molecule has 0 spiro atoms. The first-order chi connectivity index (χ1) is 8.83. The van der Waals surface area contributed by atoms with Crippen LogP contribution in [0.3, 0.4) is 0 Å². The number of likely N-dealkylation sites (N-methyl/N-ethyl adjacent to an activating group) is 1. The molecule has 1 heterocycles. The molecular formula is C14H21N3O2. The van der Waals surface area contributed by atoms with Gasteiger partial charge in [0.15, 0.2) is 0 Å². The topological polar surface area (TPSA) is 69.8 Å². The Kier molecular flexibility index (Phi) is 3.41. The van der Waals surface area contributed by atoms with Crippen molar-refractivity contribution in [2.45, 2.75) is 19.4 Å². The summed E-state index contributed by atoms with van der Waals surface area (Å²) >= 11 is 0. The maximum atomic E-state index is 11.3. The number of hydrogen-bond acceptors (Lipinski definition) is 4. The number of para-hydroxylation sites is 1. The Morgan fingerprint density at radius 3 is 2.63 bits per heavy atom. The molecule has 0 atom stereocenters. The van der Waals surface area contributed by atoms with Crippen molar-refractivity contribution < 1.29 is 9.90 Å². The van der Waals surface area contributed by atoms with Crippen molar-refractivity contribution in [1.29, 1.82) is 0 Å². The van der Waals surface area contributed by atoms with Crippen LogP contribution >= 0.6 is 0 Å². The number of nitrogen functional groups attached to an aromatic ring is 1. The van der Waals surface area contributed by atoms with Crippen LogP contribution in [0.25, 0.3) is 0 Å². The van der Waals surface area contributed by atoms with E-state index >= 15 is 0 Å². The number of aromatic carboxylic acids is 1. The van der Waals surface area contributed by atoms with E-state index in [0.29, 0.717) is 11.4 Å². The van der Waals surface area contributed by atoms with Crippen molar-refractivity contribution in [2.75, 3.05) is 37.3 Å². The van der Waals surface area contributed by atoms with Crippen molar-refractivity contribution >= 4 is 17.3 Å². The van der Waals surface area contributed by atoms with E-state index in [1.807, 2.05) is 0 Å². The number of carboxylic acid groups (broad SMARTS) is 1. The summed E-state index contributed by atoms with van der Waals surface area (Å²) in [6, 6.07) is 5.05. The van der Waals surface area contributed by atoms with Crippen molar-refractivity contribution in [2.24, 2.45) is 0 Å². The molecule has 5 nitrogen and oxygen atoms in total. The van der Waals surface area contributed by atoms with Gasteiger partial charge in [-0.05, 0) is 33.0 Å². The van der Waals surface area contributed by atoms with Gasteiger partial charge in [-0.3, -0.25) is 4.90 Å². The number of rotatable bonds is 2. The summed E-state index contributed by atoms with van der Waals surface area (Å²) in [4.78, 5) is 15.7. The monoisotopic (exact) mass is 263 g/mol. The number of anilines is 2. The van der Waals surface area contributed by atoms with Crippen LogP contribution in [-0.2, 0) is 0 Å². The van der Waals surface area contributed by atoms with Gasteiger partial charge >= 0.3 is 5.97 Å². The molecule has 1 saturated heterocycles. The van der Waals surface area contributed by atoms with Crippen LogP contribution < -0.4 is 10.6 Å². The van der Waals surface area contributed by atoms with Gasteiger partial charge in [-0.15, -0.1) is 0 Å². The minimum Gasteiger partial charge on any atom is -0.478 e. The first-order valence-electron chi connectivity index (χ1n) is 6.41. The lowest BCUT2D eigenvalue weighted by Gasteiger charge is -2.46. The maximum absolute atomic E-state index is 11.3. The molecule has 1 fully saturated rings. The van der Waals surface area contributed by atoms with E-state index in [1.165, 1.54) is 0 Å². The highest BCUT2D eigenvalue weighted by Gasteiger charge is 2.33. The molecule has 0 amide bonds. The van der Waals surface area contributed by atoms with E-state index < -0.39 is 5.97 Å². The molecule has 104 valence electrons. The fraction of sp³-hybridized carbons (Fsp3) is 0.500. The van der Waals surface area contributed by atoms with Crippen molar-refractivity contribution in [3.63, 3.8) is 0 Å². The summed E-state index contributed by atoms with van der Waals surface area (Å²) in [5.41, 5.74) is 7.45. The lowest BCUT2D eigenvalue weighted by atomic mass is 9.98. The van der Waals surface area contributed by atoms with Gasteiger partial charge in [-0.1, -0.05) is 6.07 Å². The third kappa shape index (κ3) is 2.51. The van der Waals surface area contributed by atoms with E-state index in [2.05, 4.69) is 30.7 Å². The summed E-state index contributed by atoms with van der Waals surface area (Å²) in [5.74, 6) is -0.931. The third-order valence-electron chi connectivity index (χ3n) is 3.93. The van der Waals surface area contributed by atoms with E-state index in [0.717, 1.165) is 19.6 Å². The molecule has 19 heavy (non-hydrogen) atoms. The van der Waals surface area contributed by atoms with Gasteiger partial charge in [0.1, 0.15) is 0 Å². The summed E-state index contributed by atoms with van der Waals surface area (Å²) < 4.78 is 0. The first kappa shape index (κ1) is 13.7. The highest BCUT2D eigenvalue weighted by molar-refractivity contribution is 5.98. The minimum atomic E-state index is -0.931. The van der Waals surface area contributed by atoms with Crippen LogP contribution in [-0.4, -0.2) is 48.2 Å². The summed E-state index contributed by atoms with van der Waals surface area (Å²) in [6.07, 6.45) is 0.